The molecule has 0 aliphatic carbocycles. The average molecular weight is 342 g/mol. The van der Waals surface area contributed by atoms with Gasteiger partial charge in [-0.2, -0.15) is 0 Å². The van der Waals surface area contributed by atoms with Gasteiger partial charge in [0.1, 0.15) is 0 Å². The molecule has 0 bridgehead atoms. The molecule has 3 rings (SSSR count). The Hall–Kier alpha value is -3.84. The summed E-state index contributed by atoms with van der Waals surface area (Å²) >= 11 is 0. The van der Waals surface area contributed by atoms with E-state index < -0.39 is 11.9 Å². The molecule has 3 aromatic carbocycles. The number of rotatable bonds is 3. The van der Waals surface area contributed by atoms with Crippen LogP contribution < -0.4 is 0 Å². The summed E-state index contributed by atoms with van der Waals surface area (Å²) in [6.07, 6.45) is 0. The number of carboxylic acid groups (broad SMARTS) is 2. The Bertz CT molecular complexity index is 1000. The first kappa shape index (κ1) is 17.0. The minimum absolute atomic E-state index is 0.230. The standard InChI is InChI=1S/C22H14O4/c23-21(24)19-9-5-16(6-10-19)2-1-15-3-7-17(8-4-15)18-11-13-20(14-12-18)22(25)26/h3-14H,(H,23,24)(H,25,26). The molecule has 26 heavy (non-hydrogen) atoms. The van der Waals surface area contributed by atoms with Crippen LogP contribution in [0, 0.1) is 11.8 Å². The molecular formula is C22H14O4. The molecule has 0 aromatic heterocycles. The van der Waals surface area contributed by atoms with Gasteiger partial charge in [0.15, 0.2) is 0 Å². The van der Waals surface area contributed by atoms with E-state index in [2.05, 4.69) is 11.8 Å². The molecule has 0 saturated heterocycles. The zero-order chi connectivity index (χ0) is 18.5. The topological polar surface area (TPSA) is 74.6 Å². The van der Waals surface area contributed by atoms with Crippen LogP contribution in [-0.2, 0) is 0 Å². The molecular weight excluding hydrogens is 328 g/mol. The van der Waals surface area contributed by atoms with Crippen molar-refractivity contribution in [3.63, 3.8) is 0 Å². The van der Waals surface area contributed by atoms with E-state index in [1.165, 1.54) is 12.1 Å². The van der Waals surface area contributed by atoms with E-state index in [0.717, 1.165) is 22.3 Å². The third-order valence-electron chi connectivity index (χ3n) is 3.83. The van der Waals surface area contributed by atoms with E-state index in [4.69, 9.17) is 10.2 Å². The highest BCUT2D eigenvalue weighted by molar-refractivity contribution is 5.88. The number of aromatic carboxylic acids is 2. The summed E-state index contributed by atoms with van der Waals surface area (Å²) < 4.78 is 0. The highest BCUT2D eigenvalue weighted by atomic mass is 16.4. The summed E-state index contributed by atoms with van der Waals surface area (Å²) in [5.74, 6) is 4.13. The van der Waals surface area contributed by atoms with Gasteiger partial charge in [0, 0.05) is 11.1 Å². The summed E-state index contributed by atoms with van der Waals surface area (Å²) in [6.45, 7) is 0. The summed E-state index contributed by atoms with van der Waals surface area (Å²) in [7, 11) is 0. The molecule has 3 aromatic rings. The van der Waals surface area contributed by atoms with E-state index >= 15 is 0 Å². The first-order valence-corrected chi connectivity index (χ1v) is 7.82. The van der Waals surface area contributed by atoms with Crippen LogP contribution in [0.15, 0.2) is 72.8 Å². The van der Waals surface area contributed by atoms with E-state index in [0.29, 0.717) is 0 Å². The predicted octanol–water partition coefficient (Wildman–Crippen LogP) is 4.15. The van der Waals surface area contributed by atoms with Crippen molar-refractivity contribution in [1.29, 1.82) is 0 Å². The van der Waals surface area contributed by atoms with Gasteiger partial charge >= 0.3 is 11.9 Å². The molecule has 0 amide bonds. The molecule has 126 valence electrons. The highest BCUT2D eigenvalue weighted by Gasteiger charge is 2.03. The van der Waals surface area contributed by atoms with Gasteiger partial charge in [-0.3, -0.25) is 0 Å². The van der Waals surface area contributed by atoms with Gasteiger partial charge in [-0.15, -0.1) is 0 Å². The van der Waals surface area contributed by atoms with Crippen molar-refractivity contribution in [3.05, 3.63) is 95.1 Å². The number of carboxylic acids is 2. The SMILES string of the molecule is O=C(O)c1ccc(C#Cc2ccc(-c3ccc(C(=O)O)cc3)cc2)cc1. The summed E-state index contributed by atoms with van der Waals surface area (Å²) in [4.78, 5) is 21.7. The maximum Gasteiger partial charge on any atom is 0.335 e. The lowest BCUT2D eigenvalue weighted by atomic mass is 10.0. The minimum atomic E-state index is -0.962. The second-order valence-electron chi connectivity index (χ2n) is 5.59. The molecule has 0 aliphatic heterocycles. The Labute approximate surface area is 150 Å². The molecule has 4 nitrogen and oxygen atoms in total. The fraction of sp³-hybridized carbons (Fsp3) is 0. The smallest absolute Gasteiger partial charge is 0.335 e. The molecule has 0 heterocycles. The Balaban J connectivity index is 1.76. The molecule has 0 atom stereocenters. The van der Waals surface area contributed by atoms with Crippen LogP contribution in [0.4, 0.5) is 0 Å². The Morgan fingerprint density at radius 1 is 0.538 bits per heavy atom. The van der Waals surface area contributed by atoms with Crippen LogP contribution in [0.3, 0.4) is 0 Å². The van der Waals surface area contributed by atoms with Crippen LogP contribution in [0.25, 0.3) is 11.1 Å². The molecule has 0 aliphatic rings. The number of benzene rings is 3. The molecule has 0 unspecified atom stereocenters. The van der Waals surface area contributed by atoms with Crippen molar-refractivity contribution in [1.82, 2.24) is 0 Å². The van der Waals surface area contributed by atoms with Crippen molar-refractivity contribution >= 4 is 11.9 Å². The van der Waals surface area contributed by atoms with Gasteiger partial charge in [0.2, 0.25) is 0 Å². The number of hydrogen-bond acceptors (Lipinski definition) is 2. The zero-order valence-electron chi connectivity index (χ0n) is 13.6. The van der Waals surface area contributed by atoms with Gasteiger partial charge in [-0.05, 0) is 59.7 Å². The van der Waals surface area contributed by atoms with Gasteiger partial charge in [0.25, 0.3) is 0 Å². The Morgan fingerprint density at radius 2 is 0.846 bits per heavy atom. The Kier molecular flexibility index (Phi) is 4.82. The van der Waals surface area contributed by atoms with Gasteiger partial charge < -0.3 is 10.2 Å². The van der Waals surface area contributed by atoms with E-state index in [9.17, 15) is 9.59 Å². The maximum absolute atomic E-state index is 10.9. The van der Waals surface area contributed by atoms with E-state index in [-0.39, 0.29) is 11.1 Å². The van der Waals surface area contributed by atoms with Crippen molar-refractivity contribution in [3.8, 4) is 23.0 Å². The lowest BCUT2D eigenvalue weighted by Crippen LogP contribution is -1.95. The first-order valence-electron chi connectivity index (χ1n) is 7.82. The fourth-order valence-corrected chi connectivity index (χ4v) is 2.39. The van der Waals surface area contributed by atoms with Crippen molar-refractivity contribution in [2.45, 2.75) is 0 Å². The van der Waals surface area contributed by atoms with E-state index in [1.54, 1.807) is 36.4 Å². The second-order valence-corrected chi connectivity index (χ2v) is 5.59. The molecule has 4 heteroatoms. The molecule has 2 N–H and O–H groups in total. The molecule has 0 saturated carbocycles. The molecule has 0 radical (unpaired) electrons. The second kappa shape index (κ2) is 7.37. The van der Waals surface area contributed by atoms with Crippen molar-refractivity contribution < 1.29 is 19.8 Å². The highest BCUT2D eigenvalue weighted by Crippen LogP contribution is 2.20. The number of hydrogen-bond donors (Lipinski definition) is 2. The first-order chi connectivity index (χ1) is 12.5. The van der Waals surface area contributed by atoms with E-state index in [1.807, 2.05) is 24.3 Å². The monoisotopic (exact) mass is 342 g/mol. The minimum Gasteiger partial charge on any atom is -0.478 e. The summed E-state index contributed by atoms with van der Waals surface area (Å²) in [5.41, 5.74) is 3.96. The average Bonchev–Trinajstić information content (AvgIpc) is 2.67. The van der Waals surface area contributed by atoms with Gasteiger partial charge in [-0.1, -0.05) is 36.1 Å². The van der Waals surface area contributed by atoms with Crippen LogP contribution in [0.1, 0.15) is 31.8 Å². The van der Waals surface area contributed by atoms with Crippen molar-refractivity contribution in [2.75, 3.05) is 0 Å². The zero-order valence-corrected chi connectivity index (χ0v) is 13.6. The third kappa shape index (κ3) is 3.97. The van der Waals surface area contributed by atoms with Crippen LogP contribution in [0.5, 0.6) is 0 Å². The predicted molar refractivity (Wildman–Crippen MR) is 98.2 cm³/mol. The lowest BCUT2D eigenvalue weighted by Gasteiger charge is -2.02. The van der Waals surface area contributed by atoms with Crippen LogP contribution >= 0.6 is 0 Å². The fourth-order valence-electron chi connectivity index (χ4n) is 2.39. The summed E-state index contributed by atoms with van der Waals surface area (Å²) in [6, 6.07) is 20.7. The van der Waals surface area contributed by atoms with Crippen LogP contribution in [0.2, 0.25) is 0 Å². The van der Waals surface area contributed by atoms with Gasteiger partial charge in [0.05, 0.1) is 11.1 Å². The molecule has 0 fully saturated rings. The Morgan fingerprint density at radius 3 is 1.23 bits per heavy atom. The number of carbonyl (C=O) groups is 2. The largest absolute Gasteiger partial charge is 0.478 e. The van der Waals surface area contributed by atoms with Crippen LogP contribution in [-0.4, -0.2) is 22.2 Å². The summed E-state index contributed by atoms with van der Waals surface area (Å²) in [5, 5.41) is 17.8. The lowest BCUT2D eigenvalue weighted by molar-refractivity contribution is 0.0686. The third-order valence-corrected chi connectivity index (χ3v) is 3.83. The van der Waals surface area contributed by atoms with Gasteiger partial charge in [-0.25, -0.2) is 9.59 Å². The normalized spacial score (nSPS) is 9.85. The van der Waals surface area contributed by atoms with Crippen molar-refractivity contribution in [2.24, 2.45) is 0 Å². The maximum atomic E-state index is 10.9. The molecule has 0 spiro atoms. The quantitative estimate of drug-likeness (QED) is 0.701.